The van der Waals surface area contributed by atoms with Crippen molar-refractivity contribution in [1.29, 1.82) is 0 Å². The number of ether oxygens (including phenoxy) is 1. The van der Waals surface area contributed by atoms with Gasteiger partial charge in [-0.3, -0.25) is 4.79 Å². The van der Waals surface area contributed by atoms with Gasteiger partial charge < -0.3 is 10.5 Å². The van der Waals surface area contributed by atoms with E-state index >= 15 is 0 Å². The molecule has 3 nitrogen and oxygen atoms in total. The van der Waals surface area contributed by atoms with E-state index in [0.717, 1.165) is 23.4 Å². The Labute approximate surface area is 106 Å². The zero-order chi connectivity index (χ0) is 12.5. The van der Waals surface area contributed by atoms with Crippen LogP contribution in [0.1, 0.15) is 24.0 Å². The van der Waals surface area contributed by atoms with Gasteiger partial charge in [-0.1, -0.05) is 17.7 Å². The molecule has 0 aliphatic heterocycles. The normalized spacial score (nSPS) is 22.3. The van der Waals surface area contributed by atoms with E-state index in [-0.39, 0.29) is 11.4 Å². The zero-order valence-corrected chi connectivity index (χ0v) is 10.6. The molecule has 0 radical (unpaired) electrons. The Morgan fingerprint density at radius 1 is 1.59 bits per heavy atom. The molecule has 0 amide bonds. The van der Waals surface area contributed by atoms with Gasteiger partial charge in [0, 0.05) is 17.0 Å². The first-order valence-electron chi connectivity index (χ1n) is 5.67. The highest BCUT2D eigenvalue weighted by Gasteiger charge is 2.39. The summed E-state index contributed by atoms with van der Waals surface area (Å²) in [6, 6.07) is 5.81. The van der Waals surface area contributed by atoms with Crippen LogP contribution in [0, 0.1) is 0 Å². The lowest BCUT2D eigenvalue weighted by Crippen LogP contribution is -2.35. The van der Waals surface area contributed by atoms with Crippen LogP contribution in [0.4, 0.5) is 0 Å². The lowest BCUT2D eigenvalue weighted by atomic mass is 9.79. The minimum Gasteiger partial charge on any atom is -0.469 e. The number of carbonyl (C=O) groups excluding carboxylic acids is 1. The highest BCUT2D eigenvalue weighted by Crippen LogP contribution is 2.41. The van der Waals surface area contributed by atoms with Crippen molar-refractivity contribution in [2.75, 3.05) is 13.7 Å². The van der Waals surface area contributed by atoms with Gasteiger partial charge >= 0.3 is 5.97 Å². The number of benzene rings is 1. The summed E-state index contributed by atoms with van der Waals surface area (Å²) in [6.45, 7) is 0.455. The predicted octanol–water partition coefficient (Wildman–Crippen LogP) is 2.05. The molecule has 0 aromatic heterocycles. The minimum absolute atomic E-state index is 0.210. The Morgan fingerprint density at radius 3 is 3.00 bits per heavy atom. The topological polar surface area (TPSA) is 52.3 Å². The summed E-state index contributed by atoms with van der Waals surface area (Å²) in [5.74, 6) is -0.210. The Morgan fingerprint density at radius 2 is 2.35 bits per heavy atom. The van der Waals surface area contributed by atoms with Crippen molar-refractivity contribution < 1.29 is 9.53 Å². The number of aryl methyl sites for hydroxylation is 1. The van der Waals surface area contributed by atoms with Crippen LogP contribution in [-0.2, 0) is 21.4 Å². The molecule has 2 N–H and O–H groups in total. The Balaban J connectivity index is 2.37. The number of carbonyl (C=O) groups is 1. The average molecular weight is 254 g/mol. The summed E-state index contributed by atoms with van der Waals surface area (Å²) in [6.07, 6.45) is 2.15. The molecule has 1 unspecified atom stereocenters. The van der Waals surface area contributed by atoms with E-state index in [2.05, 4.69) is 0 Å². The van der Waals surface area contributed by atoms with Gasteiger partial charge in [-0.05, 0) is 36.1 Å². The van der Waals surface area contributed by atoms with Crippen LogP contribution >= 0.6 is 11.6 Å². The van der Waals surface area contributed by atoms with Gasteiger partial charge in [0.25, 0.3) is 0 Å². The molecule has 1 aliphatic carbocycles. The smallest absolute Gasteiger partial charge is 0.306 e. The molecule has 2 rings (SSSR count). The number of hydrogen-bond acceptors (Lipinski definition) is 3. The third kappa shape index (κ3) is 2.17. The molecular weight excluding hydrogens is 238 g/mol. The molecule has 0 spiro atoms. The van der Waals surface area contributed by atoms with Crippen molar-refractivity contribution in [2.24, 2.45) is 5.73 Å². The van der Waals surface area contributed by atoms with Gasteiger partial charge in [0.2, 0.25) is 0 Å². The molecule has 1 aromatic carbocycles. The highest BCUT2D eigenvalue weighted by molar-refractivity contribution is 6.30. The van der Waals surface area contributed by atoms with Gasteiger partial charge in [0.1, 0.15) is 0 Å². The maximum atomic E-state index is 11.5. The van der Waals surface area contributed by atoms with Crippen LogP contribution < -0.4 is 5.73 Å². The van der Waals surface area contributed by atoms with Crippen molar-refractivity contribution in [3.05, 3.63) is 34.3 Å². The first kappa shape index (κ1) is 12.4. The first-order valence-corrected chi connectivity index (χ1v) is 6.05. The lowest BCUT2D eigenvalue weighted by Gasteiger charge is -2.27. The Hall–Kier alpha value is -1.06. The molecule has 1 aliphatic rings. The molecule has 1 aromatic rings. The average Bonchev–Trinajstić information content (AvgIpc) is 2.68. The Bertz CT molecular complexity index is 447. The molecule has 4 heteroatoms. The zero-order valence-electron chi connectivity index (χ0n) is 9.83. The number of methoxy groups -OCH3 is 1. The molecule has 92 valence electrons. The molecular formula is C13H16ClNO2. The second-order valence-corrected chi connectivity index (χ2v) is 4.98. The van der Waals surface area contributed by atoms with Crippen molar-refractivity contribution in [2.45, 2.75) is 24.7 Å². The van der Waals surface area contributed by atoms with E-state index in [1.165, 1.54) is 12.7 Å². The standard InChI is InChI=1S/C13H16ClNO2/c1-17-12(16)7-13(8-15)5-4-9-6-10(14)2-3-11(9)13/h2-3,6H,4-5,7-8,15H2,1H3. The third-order valence-corrected chi connectivity index (χ3v) is 3.85. The van der Waals surface area contributed by atoms with Gasteiger partial charge in [-0.25, -0.2) is 0 Å². The number of nitrogens with two attached hydrogens (primary N) is 1. The van der Waals surface area contributed by atoms with E-state index in [1.807, 2.05) is 18.2 Å². The Kier molecular flexibility index (Phi) is 3.40. The summed E-state index contributed by atoms with van der Waals surface area (Å²) in [4.78, 5) is 11.5. The van der Waals surface area contributed by atoms with Crippen LogP contribution in [0.25, 0.3) is 0 Å². The first-order chi connectivity index (χ1) is 8.11. The summed E-state index contributed by atoms with van der Waals surface area (Å²) in [7, 11) is 1.41. The molecule has 0 fully saturated rings. The number of rotatable bonds is 3. The van der Waals surface area contributed by atoms with E-state index in [9.17, 15) is 4.79 Å². The second kappa shape index (κ2) is 4.67. The SMILES string of the molecule is COC(=O)CC1(CN)CCc2cc(Cl)ccc21. The largest absolute Gasteiger partial charge is 0.469 e. The van der Waals surface area contributed by atoms with Gasteiger partial charge in [-0.15, -0.1) is 0 Å². The molecule has 0 saturated carbocycles. The highest BCUT2D eigenvalue weighted by atomic mass is 35.5. The van der Waals surface area contributed by atoms with E-state index in [4.69, 9.17) is 22.1 Å². The van der Waals surface area contributed by atoms with Gasteiger partial charge in [-0.2, -0.15) is 0 Å². The van der Waals surface area contributed by atoms with E-state index in [0.29, 0.717) is 13.0 Å². The molecule has 17 heavy (non-hydrogen) atoms. The number of hydrogen-bond donors (Lipinski definition) is 1. The fourth-order valence-corrected chi connectivity index (χ4v) is 2.81. The molecule has 1 atom stereocenters. The van der Waals surface area contributed by atoms with Crippen molar-refractivity contribution in [1.82, 2.24) is 0 Å². The fraction of sp³-hybridized carbons (Fsp3) is 0.462. The maximum Gasteiger partial charge on any atom is 0.306 e. The monoisotopic (exact) mass is 253 g/mol. The molecule has 0 bridgehead atoms. The van der Waals surface area contributed by atoms with E-state index < -0.39 is 0 Å². The van der Waals surface area contributed by atoms with Crippen molar-refractivity contribution in [3.63, 3.8) is 0 Å². The fourth-order valence-electron chi connectivity index (χ4n) is 2.61. The van der Waals surface area contributed by atoms with Crippen LogP contribution in [0.3, 0.4) is 0 Å². The number of esters is 1. The molecule has 0 saturated heterocycles. The minimum atomic E-state index is -0.271. The van der Waals surface area contributed by atoms with Crippen LogP contribution in [0.15, 0.2) is 18.2 Å². The number of halogens is 1. The van der Waals surface area contributed by atoms with Gasteiger partial charge in [0.05, 0.1) is 13.5 Å². The maximum absolute atomic E-state index is 11.5. The van der Waals surface area contributed by atoms with Crippen molar-refractivity contribution >= 4 is 17.6 Å². The number of fused-ring (bicyclic) bond motifs is 1. The molecule has 0 heterocycles. The van der Waals surface area contributed by atoms with Crippen LogP contribution in [-0.4, -0.2) is 19.6 Å². The predicted molar refractivity (Wildman–Crippen MR) is 67.1 cm³/mol. The quantitative estimate of drug-likeness (QED) is 0.839. The second-order valence-electron chi connectivity index (χ2n) is 4.54. The van der Waals surface area contributed by atoms with Crippen LogP contribution in [0.5, 0.6) is 0 Å². The summed E-state index contributed by atoms with van der Waals surface area (Å²) >= 11 is 5.97. The lowest BCUT2D eigenvalue weighted by molar-refractivity contribution is -0.142. The van der Waals surface area contributed by atoms with Gasteiger partial charge in [0.15, 0.2) is 0 Å². The van der Waals surface area contributed by atoms with Crippen molar-refractivity contribution in [3.8, 4) is 0 Å². The van der Waals surface area contributed by atoms with Crippen LogP contribution in [0.2, 0.25) is 5.02 Å². The van der Waals surface area contributed by atoms with E-state index in [1.54, 1.807) is 0 Å². The summed E-state index contributed by atoms with van der Waals surface area (Å²) < 4.78 is 4.76. The summed E-state index contributed by atoms with van der Waals surface area (Å²) in [5, 5.41) is 0.731. The summed E-state index contributed by atoms with van der Waals surface area (Å²) in [5.41, 5.74) is 7.96. The third-order valence-electron chi connectivity index (χ3n) is 3.61.